The maximum atomic E-state index is 12.0. The number of amides is 1. The van der Waals surface area contributed by atoms with Gasteiger partial charge in [-0.1, -0.05) is 31.7 Å². The highest BCUT2D eigenvalue weighted by Crippen LogP contribution is 2.21. The molecule has 0 radical (unpaired) electrons. The summed E-state index contributed by atoms with van der Waals surface area (Å²) in [6, 6.07) is 6.21. The molecule has 1 aromatic carbocycles. The SMILES string of the molecule is Cc1ccc(-n2cnnc2SCC(=O)NCCCOCC(C)C)cc1C. The lowest BCUT2D eigenvalue weighted by Crippen LogP contribution is -2.27. The largest absolute Gasteiger partial charge is 0.381 e. The molecule has 1 amide bonds. The van der Waals surface area contributed by atoms with Crippen molar-refractivity contribution in [3.63, 3.8) is 0 Å². The standard InChI is InChI=1S/C19H28N4O2S/c1-14(2)11-25-9-5-8-20-18(24)12-26-19-22-21-13-23(19)17-7-6-15(3)16(4)10-17/h6-7,10,13-14H,5,8-9,11-12H2,1-4H3,(H,20,24). The van der Waals surface area contributed by atoms with Crippen LogP contribution in [0.2, 0.25) is 0 Å². The van der Waals surface area contributed by atoms with Crippen LogP contribution in [0.1, 0.15) is 31.4 Å². The Morgan fingerprint density at radius 2 is 2.12 bits per heavy atom. The molecule has 1 heterocycles. The van der Waals surface area contributed by atoms with Crippen molar-refractivity contribution in [2.45, 2.75) is 39.3 Å². The maximum absolute atomic E-state index is 12.0. The predicted molar refractivity (Wildman–Crippen MR) is 105 cm³/mol. The molecule has 7 heteroatoms. The first-order valence-electron chi connectivity index (χ1n) is 8.92. The normalized spacial score (nSPS) is 11.1. The summed E-state index contributed by atoms with van der Waals surface area (Å²) in [5, 5.41) is 11.7. The first-order chi connectivity index (χ1) is 12.5. The number of carbonyl (C=O) groups is 1. The second kappa shape index (κ2) is 10.3. The summed E-state index contributed by atoms with van der Waals surface area (Å²) in [4.78, 5) is 12.0. The summed E-state index contributed by atoms with van der Waals surface area (Å²) < 4.78 is 7.41. The van der Waals surface area contributed by atoms with Gasteiger partial charge in [-0.2, -0.15) is 0 Å². The number of benzene rings is 1. The van der Waals surface area contributed by atoms with Crippen LogP contribution in [0.3, 0.4) is 0 Å². The van der Waals surface area contributed by atoms with Crippen molar-refractivity contribution in [2.24, 2.45) is 5.92 Å². The van der Waals surface area contributed by atoms with E-state index >= 15 is 0 Å². The fourth-order valence-electron chi connectivity index (χ4n) is 2.28. The average Bonchev–Trinajstić information content (AvgIpc) is 3.07. The molecule has 1 N–H and O–H groups in total. The lowest BCUT2D eigenvalue weighted by atomic mass is 10.1. The zero-order chi connectivity index (χ0) is 18.9. The van der Waals surface area contributed by atoms with Gasteiger partial charge < -0.3 is 10.1 Å². The van der Waals surface area contributed by atoms with Crippen molar-refractivity contribution >= 4 is 17.7 Å². The van der Waals surface area contributed by atoms with Gasteiger partial charge in [-0.25, -0.2) is 0 Å². The van der Waals surface area contributed by atoms with E-state index in [0.717, 1.165) is 18.7 Å². The minimum Gasteiger partial charge on any atom is -0.381 e. The molecular formula is C19H28N4O2S. The topological polar surface area (TPSA) is 69.0 Å². The fraction of sp³-hybridized carbons (Fsp3) is 0.526. The lowest BCUT2D eigenvalue weighted by Gasteiger charge is -2.09. The molecule has 0 saturated carbocycles. The third-order valence-electron chi connectivity index (χ3n) is 3.86. The lowest BCUT2D eigenvalue weighted by molar-refractivity contribution is -0.118. The van der Waals surface area contributed by atoms with E-state index in [1.54, 1.807) is 6.33 Å². The Morgan fingerprint density at radius 3 is 2.85 bits per heavy atom. The van der Waals surface area contributed by atoms with Gasteiger partial charge in [0, 0.05) is 25.4 Å². The molecule has 0 atom stereocenters. The Morgan fingerprint density at radius 1 is 1.31 bits per heavy atom. The number of thioether (sulfide) groups is 1. The smallest absolute Gasteiger partial charge is 0.230 e. The molecule has 26 heavy (non-hydrogen) atoms. The van der Waals surface area contributed by atoms with E-state index in [2.05, 4.69) is 55.3 Å². The summed E-state index contributed by atoms with van der Waals surface area (Å²) in [5.74, 6) is 0.847. The number of hydrogen-bond acceptors (Lipinski definition) is 5. The van der Waals surface area contributed by atoms with Crippen molar-refractivity contribution < 1.29 is 9.53 Å². The molecule has 0 unspecified atom stereocenters. The van der Waals surface area contributed by atoms with Crippen LogP contribution in [0.5, 0.6) is 0 Å². The Balaban J connectivity index is 1.77. The van der Waals surface area contributed by atoms with Crippen LogP contribution >= 0.6 is 11.8 Å². The molecule has 142 valence electrons. The molecule has 0 aliphatic carbocycles. The number of aromatic nitrogens is 3. The van der Waals surface area contributed by atoms with Crippen molar-refractivity contribution in [1.82, 2.24) is 20.1 Å². The van der Waals surface area contributed by atoms with E-state index in [1.807, 2.05) is 10.6 Å². The number of hydrogen-bond donors (Lipinski definition) is 1. The van der Waals surface area contributed by atoms with Gasteiger partial charge in [0.05, 0.1) is 5.75 Å². The predicted octanol–water partition coefficient (Wildman–Crippen LogP) is 3.16. The van der Waals surface area contributed by atoms with Gasteiger partial charge in [0.15, 0.2) is 5.16 Å². The molecule has 2 rings (SSSR count). The van der Waals surface area contributed by atoms with Gasteiger partial charge in [-0.15, -0.1) is 10.2 Å². The van der Waals surface area contributed by atoms with Crippen LogP contribution < -0.4 is 5.32 Å². The molecule has 0 aliphatic rings. The number of carbonyl (C=O) groups excluding carboxylic acids is 1. The fourth-order valence-corrected chi connectivity index (χ4v) is 3.04. The van der Waals surface area contributed by atoms with Crippen molar-refractivity contribution in [3.05, 3.63) is 35.7 Å². The van der Waals surface area contributed by atoms with Crippen molar-refractivity contribution in [2.75, 3.05) is 25.5 Å². The minimum atomic E-state index is -0.00602. The summed E-state index contributed by atoms with van der Waals surface area (Å²) in [5.41, 5.74) is 3.46. The second-order valence-corrected chi connectivity index (χ2v) is 7.66. The van der Waals surface area contributed by atoms with Gasteiger partial charge >= 0.3 is 0 Å². The van der Waals surface area contributed by atoms with Gasteiger partial charge in [0.2, 0.25) is 5.91 Å². The van der Waals surface area contributed by atoms with Crippen LogP contribution in [0.25, 0.3) is 5.69 Å². The minimum absolute atomic E-state index is 0.00602. The van der Waals surface area contributed by atoms with Crippen LogP contribution in [0, 0.1) is 19.8 Å². The van der Waals surface area contributed by atoms with Crippen LogP contribution in [0.4, 0.5) is 0 Å². The number of ether oxygens (including phenoxy) is 1. The zero-order valence-corrected chi connectivity index (χ0v) is 16.8. The highest BCUT2D eigenvalue weighted by molar-refractivity contribution is 7.99. The van der Waals surface area contributed by atoms with E-state index in [1.165, 1.54) is 22.9 Å². The zero-order valence-electron chi connectivity index (χ0n) is 16.0. The number of nitrogens with one attached hydrogen (secondary N) is 1. The molecule has 0 bridgehead atoms. The van der Waals surface area contributed by atoms with Crippen LogP contribution in [-0.4, -0.2) is 46.2 Å². The third-order valence-corrected chi connectivity index (χ3v) is 4.80. The van der Waals surface area contributed by atoms with Crippen LogP contribution in [0.15, 0.2) is 29.7 Å². The number of aryl methyl sites for hydroxylation is 2. The average molecular weight is 377 g/mol. The van der Waals surface area contributed by atoms with E-state index in [0.29, 0.717) is 30.0 Å². The summed E-state index contributed by atoms with van der Waals surface area (Å²) in [6.45, 7) is 10.5. The van der Waals surface area contributed by atoms with Crippen LogP contribution in [-0.2, 0) is 9.53 Å². The Labute approximate surface area is 159 Å². The Kier molecular flexibility index (Phi) is 8.12. The monoisotopic (exact) mass is 376 g/mol. The molecule has 6 nitrogen and oxygen atoms in total. The van der Waals surface area contributed by atoms with E-state index in [-0.39, 0.29) is 5.91 Å². The van der Waals surface area contributed by atoms with Crippen molar-refractivity contribution in [1.29, 1.82) is 0 Å². The van der Waals surface area contributed by atoms with Gasteiger partial charge in [-0.05, 0) is 49.4 Å². The van der Waals surface area contributed by atoms with Gasteiger partial charge in [0.25, 0.3) is 0 Å². The highest BCUT2D eigenvalue weighted by atomic mass is 32.2. The summed E-state index contributed by atoms with van der Waals surface area (Å²) in [7, 11) is 0. The second-order valence-electron chi connectivity index (χ2n) is 6.71. The molecular weight excluding hydrogens is 348 g/mol. The molecule has 2 aromatic rings. The first kappa shape index (κ1) is 20.5. The number of nitrogens with zero attached hydrogens (tertiary/aromatic N) is 3. The Bertz CT molecular complexity index is 715. The van der Waals surface area contributed by atoms with Crippen molar-refractivity contribution in [3.8, 4) is 5.69 Å². The Hall–Kier alpha value is -1.86. The third kappa shape index (κ3) is 6.46. The maximum Gasteiger partial charge on any atom is 0.230 e. The van der Waals surface area contributed by atoms with E-state index in [9.17, 15) is 4.79 Å². The molecule has 0 saturated heterocycles. The summed E-state index contributed by atoms with van der Waals surface area (Å²) >= 11 is 1.38. The molecule has 0 aliphatic heterocycles. The first-order valence-corrected chi connectivity index (χ1v) is 9.91. The van der Waals surface area contributed by atoms with E-state index < -0.39 is 0 Å². The molecule has 1 aromatic heterocycles. The van der Waals surface area contributed by atoms with Gasteiger partial charge in [-0.3, -0.25) is 9.36 Å². The summed E-state index contributed by atoms with van der Waals surface area (Å²) in [6.07, 6.45) is 2.50. The highest BCUT2D eigenvalue weighted by Gasteiger charge is 2.10. The molecule has 0 spiro atoms. The van der Waals surface area contributed by atoms with Gasteiger partial charge in [0.1, 0.15) is 6.33 Å². The quantitative estimate of drug-likeness (QED) is 0.509. The molecule has 0 fully saturated rings. The van der Waals surface area contributed by atoms with E-state index in [4.69, 9.17) is 4.74 Å². The number of rotatable bonds is 10.